The quantitative estimate of drug-likeness (QED) is 0.422. The van der Waals surface area contributed by atoms with Gasteiger partial charge in [-0.05, 0) is 25.5 Å². The van der Waals surface area contributed by atoms with Crippen LogP contribution in [0, 0.1) is 13.8 Å². The zero-order chi connectivity index (χ0) is 21.8. The molecule has 7 heteroatoms. The average Bonchev–Trinajstić information content (AvgIpc) is 3.23. The Balaban J connectivity index is 1.87. The molecule has 3 aromatic rings. The SMILES string of the molecule is CC[C@@H](c1nnc(SCC(=O)c2cc(C)n(C)c2C)n1Cc1ccccc1)[NH+](C)C. The van der Waals surface area contributed by atoms with E-state index in [4.69, 9.17) is 0 Å². The second-order valence-electron chi connectivity index (χ2n) is 8.01. The second-order valence-corrected chi connectivity index (χ2v) is 8.95. The number of hydrogen-bond donors (Lipinski definition) is 1. The molecule has 1 N–H and O–H groups in total. The molecular weight excluding hydrogens is 394 g/mol. The lowest BCUT2D eigenvalue weighted by molar-refractivity contribution is -0.893. The lowest BCUT2D eigenvalue weighted by atomic mass is 10.2. The van der Waals surface area contributed by atoms with Crippen molar-refractivity contribution in [3.05, 3.63) is 64.7 Å². The van der Waals surface area contributed by atoms with Gasteiger partial charge in [0.25, 0.3) is 0 Å². The summed E-state index contributed by atoms with van der Waals surface area (Å²) in [6.45, 7) is 6.89. The Morgan fingerprint density at radius 1 is 1.17 bits per heavy atom. The third-order valence-electron chi connectivity index (χ3n) is 5.75. The highest BCUT2D eigenvalue weighted by atomic mass is 32.2. The standard InChI is InChI=1S/C23H31N5OS/c1-7-20(26(4)5)22-24-25-23(28(22)14-18-11-9-8-10-12-18)30-15-21(29)19-13-16(2)27(6)17(19)3/h8-13,20H,7,14-15H2,1-6H3/p+1/t20-/m0/s1. The minimum atomic E-state index is 0.127. The molecule has 0 spiro atoms. The average molecular weight is 427 g/mol. The van der Waals surface area contributed by atoms with Crippen LogP contribution in [-0.4, -0.2) is 45.0 Å². The van der Waals surface area contributed by atoms with Gasteiger partial charge in [0.1, 0.15) is 6.04 Å². The summed E-state index contributed by atoms with van der Waals surface area (Å²) in [7, 11) is 6.28. The van der Waals surface area contributed by atoms with Gasteiger partial charge in [0, 0.05) is 30.4 Å². The molecule has 0 radical (unpaired) electrons. The van der Waals surface area contributed by atoms with Crippen molar-refractivity contribution < 1.29 is 9.69 Å². The number of aryl methyl sites for hydroxylation is 1. The molecule has 0 aliphatic carbocycles. The first-order chi connectivity index (χ1) is 14.3. The van der Waals surface area contributed by atoms with Crippen LogP contribution in [0.1, 0.15) is 52.5 Å². The van der Waals surface area contributed by atoms with Gasteiger partial charge >= 0.3 is 0 Å². The lowest BCUT2D eigenvalue weighted by Gasteiger charge is -2.20. The van der Waals surface area contributed by atoms with E-state index in [9.17, 15) is 4.79 Å². The van der Waals surface area contributed by atoms with E-state index in [0.29, 0.717) is 12.3 Å². The van der Waals surface area contributed by atoms with Crippen molar-refractivity contribution in [2.24, 2.45) is 7.05 Å². The molecule has 2 heterocycles. The zero-order valence-corrected chi connectivity index (χ0v) is 19.6. The molecule has 6 nitrogen and oxygen atoms in total. The highest BCUT2D eigenvalue weighted by molar-refractivity contribution is 7.99. The Bertz CT molecular complexity index is 1010. The zero-order valence-electron chi connectivity index (χ0n) is 18.8. The largest absolute Gasteiger partial charge is 0.351 e. The first-order valence-electron chi connectivity index (χ1n) is 10.4. The van der Waals surface area contributed by atoms with E-state index in [1.54, 1.807) is 0 Å². The van der Waals surface area contributed by atoms with E-state index in [2.05, 4.69) is 52.5 Å². The molecule has 160 valence electrons. The number of quaternary nitrogens is 1. The summed E-state index contributed by atoms with van der Waals surface area (Å²) >= 11 is 1.47. The van der Waals surface area contributed by atoms with Crippen LogP contribution in [0.2, 0.25) is 0 Å². The van der Waals surface area contributed by atoms with Crippen molar-refractivity contribution in [3.8, 4) is 0 Å². The van der Waals surface area contributed by atoms with E-state index in [1.807, 2.05) is 45.2 Å². The maximum absolute atomic E-state index is 12.9. The van der Waals surface area contributed by atoms with Gasteiger partial charge in [0.2, 0.25) is 0 Å². The van der Waals surface area contributed by atoms with Gasteiger partial charge < -0.3 is 9.47 Å². The molecule has 0 saturated carbocycles. The normalized spacial score (nSPS) is 12.5. The van der Waals surface area contributed by atoms with Crippen LogP contribution < -0.4 is 4.90 Å². The molecule has 3 rings (SSSR count). The van der Waals surface area contributed by atoms with Crippen molar-refractivity contribution >= 4 is 17.5 Å². The van der Waals surface area contributed by atoms with Crippen molar-refractivity contribution in [1.29, 1.82) is 0 Å². The summed E-state index contributed by atoms with van der Waals surface area (Å²) in [5.41, 5.74) is 4.09. The van der Waals surface area contributed by atoms with Crippen LogP contribution in [0.4, 0.5) is 0 Å². The van der Waals surface area contributed by atoms with E-state index in [-0.39, 0.29) is 11.8 Å². The van der Waals surface area contributed by atoms with Crippen molar-refractivity contribution in [2.45, 2.75) is 44.9 Å². The molecule has 1 atom stereocenters. The number of rotatable bonds is 9. The maximum Gasteiger partial charge on any atom is 0.192 e. The smallest absolute Gasteiger partial charge is 0.192 e. The van der Waals surface area contributed by atoms with Crippen LogP contribution >= 0.6 is 11.8 Å². The summed E-state index contributed by atoms with van der Waals surface area (Å²) in [5.74, 6) is 1.45. The fraction of sp³-hybridized carbons (Fsp3) is 0.435. The molecule has 0 bridgehead atoms. The van der Waals surface area contributed by atoms with Crippen LogP contribution in [0.5, 0.6) is 0 Å². The fourth-order valence-corrected chi connectivity index (χ4v) is 4.60. The summed E-state index contributed by atoms with van der Waals surface area (Å²) in [6, 6.07) is 12.6. The van der Waals surface area contributed by atoms with Gasteiger partial charge in [0.15, 0.2) is 16.8 Å². The van der Waals surface area contributed by atoms with Crippen LogP contribution in [0.15, 0.2) is 41.6 Å². The molecule has 30 heavy (non-hydrogen) atoms. The highest BCUT2D eigenvalue weighted by Gasteiger charge is 2.25. The topological polar surface area (TPSA) is 57.1 Å². The van der Waals surface area contributed by atoms with Gasteiger partial charge in [-0.2, -0.15) is 0 Å². The Hall–Kier alpha value is -2.38. The molecule has 1 aromatic carbocycles. The van der Waals surface area contributed by atoms with Crippen molar-refractivity contribution in [3.63, 3.8) is 0 Å². The maximum atomic E-state index is 12.9. The molecule has 2 aromatic heterocycles. The minimum absolute atomic E-state index is 0.127. The number of carbonyl (C=O) groups is 1. The number of benzene rings is 1. The van der Waals surface area contributed by atoms with Gasteiger partial charge in [-0.1, -0.05) is 49.0 Å². The summed E-state index contributed by atoms with van der Waals surface area (Å²) < 4.78 is 4.23. The molecular formula is C23H32N5OS+. The Kier molecular flexibility index (Phi) is 7.15. The molecule has 0 unspecified atom stereocenters. The van der Waals surface area contributed by atoms with Gasteiger partial charge in [-0.3, -0.25) is 9.36 Å². The number of aromatic nitrogens is 4. The Labute approximate surface area is 183 Å². The predicted octanol–water partition coefficient (Wildman–Crippen LogP) is 2.85. The number of hydrogen-bond acceptors (Lipinski definition) is 4. The Morgan fingerprint density at radius 2 is 1.87 bits per heavy atom. The second kappa shape index (κ2) is 9.62. The monoisotopic (exact) mass is 426 g/mol. The number of ketones is 1. The van der Waals surface area contributed by atoms with Gasteiger partial charge in [-0.15, -0.1) is 10.2 Å². The number of Topliss-reactive ketones (excluding diaryl/α,β-unsaturated/α-hetero) is 1. The highest BCUT2D eigenvalue weighted by Crippen LogP contribution is 2.24. The molecule has 0 fully saturated rings. The third kappa shape index (κ3) is 4.68. The van der Waals surface area contributed by atoms with Gasteiger partial charge in [0.05, 0.1) is 26.4 Å². The van der Waals surface area contributed by atoms with E-state index < -0.39 is 0 Å². The summed E-state index contributed by atoms with van der Waals surface area (Å²) in [4.78, 5) is 14.2. The number of nitrogens with zero attached hydrogens (tertiary/aromatic N) is 4. The number of nitrogens with one attached hydrogen (secondary N) is 1. The lowest BCUT2D eigenvalue weighted by Crippen LogP contribution is -3.06. The summed E-state index contributed by atoms with van der Waals surface area (Å²) in [5, 5.41) is 9.82. The van der Waals surface area contributed by atoms with Crippen molar-refractivity contribution in [2.75, 3.05) is 19.8 Å². The van der Waals surface area contributed by atoms with Gasteiger partial charge in [-0.25, -0.2) is 0 Å². The summed E-state index contributed by atoms with van der Waals surface area (Å²) in [6.07, 6.45) is 0.974. The number of thioether (sulfide) groups is 1. The molecule has 0 aliphatic heterocycles. The Morgan fingerprint density at radius 3 is 2.43 bits per heavy atom. The molecule has 0 saturated heterocycles. The van der Waals surface area contributed by atoms with E-state index in [0.717, 1.165) is 34.4 Å². The van der Waals surface area contributed by atoms with E-state index in [1.165, 1.54) is 22.2 Å². The van der Waals surface area contributed by atoms with Crippen LogP contribution in [0.25, 0.3) is 0 Å². The molecule has 0 aliphatic rings. The fourth-order valence-electron chi connectivity index (χ4n) is 3.77. The first-order valence-corrected chi connectivity index (χ1v) is 11.4. The molecule has 0 amide bonds. The third-order valence-corrected chi connectivity index (χ3v) is 6.72. The first kappa shape index (κ1) is 22.3. The minimum Gasteiger partial charge on any atom is -0.351 e. The predicted molar refractivity (Wildman–Crippen MR) is 121 cm³/mol. The number of carbonyl (C=O) groups excluding carboxylic acids is 1. The van der Waals surface area contributed by atoms with Crippen molar-refractivity contribution in [1.82, 2.24) is 19.3 Å². The van der Waals surface area contributed by atoms with Crippen LogP contribution in [0.3, 0.4) is 0 Å². The van der Waals surface area contributed by atoms with Crippen LogP contribution in [-0.2, 0) is 13.6 Å². The van der Waals surface area contributed by atoms with E-state index >= 15 is 0 Å².